The molecule has 0 amide bonds. The summed E-state index contributed by atoms with van der Waals surface area (Å²) in [6, 6.07) is 2.45. The van der Waals surface area contributed by atoms with Crippen LogP contribution in [-0.4, -0.2) is 36.1 Å². The van der Waals surface area contributed by atoms with Crippen LogP contribution in [0, 0.1) is 0 Å². The Hall–Kier alpha value is -0.0800. The lowest BCUT2D eigenvalue weighted by molar-refractivity contribution is 0.138. The summed E-state index contributed by atoms with van der Waals surface area (Å²) in [4.78, 5) is 2.69. The van der Waals surface area contributed by atoms with Crippen LogP contribution in [0.15, 0.2) is 0 Å². The summed E-state index contributed by atoms with van der Waals surface area (Å²) >= 11 is 0. The summed E-state index contributed by atoms with van der Waals surface area (Å²) in [6.07, 6.45) is 8.29. The van der Waals surface area contributed by atoms with E-state index in [4.69, 9.17) is 0 Å². The van der Waals surface area contributed by atoms with Crippen LogP contribution in [0.5, 0.6) is 0 Å². The van der Waals surface area contributed by atoms with Crippen LogP contribution in [0.1, 0.15) is 52.4 Å². The van der Waals surface area contributed by atoms with E-state index in [1.54, 1.807) is 0 Å². The smallest absolute Gasteiger partial charge is 0.0198 e. The summed E-state index contributed by atoms with van der Waals surface area (Å²) < 4.78 is 0. The third-order valence-corrected chi connectivity index (χ3v) is 3.83. The van der Waals surface area contributed by atoms with Gasteiger partial charge in [0.1, 0.15) is 0 Å². The highest BCUT2D eigenvalue weighted by atomic mass is 15.2. The third-order valence-electron chi connectivity index (χ3n) is 3.83. The zero-order chi connectivity index (χ0) is 10.7. The van der Waals surface area contributed by atoms with Crippen molar-refractivity contribution in [2.45, 2.75) is 70.5 Å². The molecular formula is C13H26N2. The molecule has 0 bridgehead atoms. The van der Waals surface area contributed by atoms with Crippen LogP contribution >= 0.6 is 0 Å². The number of likely N-dealkylation sites (tertiary alicyclic amines) is 1. The molecule has 2 unspecified atom stereocenters. The van der Waals surface area contributed by atoms with Crippen LogP contribution < -0.4 is 5.32 Å². The minimum absolute atomic E-state index is 0.783. The van der Waals surface area contributed by atoms with E-state index in [1.807, 2.05) is 0 Å². The van der Waals surface area contributed by atoms with Crippen molar-refractivity contribution in [3.05, 3.63) is 0 Å². The van der Waals surface area contributed by atoms with E-state index in [0.29, 0.717) is 0 Å². The molecule has 1 saturated heterocycles. The van der Waals surface area contributed by atoms with Gasteiger partial charge < -0.3 is 5.32 Å². The Morgan fingerprint density at radius 1 is 1.27 bits per heavy atom. The Balaban J connectivity index is 1.74. The van der Waals surface area contributed by atoms with Gasteiger partial charge >= 0.3 is 0 Å². The van der Waals surface area contributed by atoms with Gasteiger partial charge in [0.2, 0.25) is 0 Å². The van der Waals surface area contributed by atoms with Crippen LogP contribution in [0.25, 0.3) is 0 Å². The van der Waals surface area contributed by atoms with Crippen molar-refractivity contribution in [1.82, 2.24) is 10.2 Å². The third kappa shape index (κ3) is 3.46. The van der Waals surface area contributed by atoms with Gasteiger partial charge in [0, 0.05) is 24.7 Å². The number of rotatable bonds is 5. The molecule has 0 radical (unpaired) electrons. The van der Waals surface area contributed by atoms with Gasteiger partial charge in [-0.05, 0) is 45.6 Å². The van der Waals surface area contributed by atoms with Gasteiger partial charge in [0.25, 0.3) is 0 Å². The molecule has 2 rings (SSSR count). The van der Waals surface area contributed by atoms with Gasteiger partial charge in [0.15, 0.2) is 0 Å². The van der Waals surface area contributed by atoms with E-state index >= 15 is 0 Å². The van der Waals surface area contributed by atoms with Gasteiger partial charge in [-0.2, -0.15) is 0 Å². The first-order valence-electron chi connectivity index (χ1n) is 6.79. The number of nitrogens with one attached hydrogen (secondary N) is 1. The lowest BCUT2D eigenvalue weighted by Crippen LogP contribution is -2.49. The molecular weight excluding hydrogens is 184 g/mol. The van der Waals surface area contributed by atoms with Crippen LogP contribution in [0.2, 0.25) is 0 Å². The minimum atomic E-state index is 0.783. The van der Waals surface area contributed by atoms with Gasteiger partial charge in [-0.15, -0.1) is 0 Å². The summed E-state index contributed by atoms with van der Waals surface area (Å²) in [5.74, 6) is 0. The van der Waals surface area contributed by atoms with Gasteiger partial charge in [-0.25, -0.2) is 0 Å². The highest BCUT2D eigenvalue weighted by molar-refractivity contribution is 4.88. The normalized spacial score (nSPS) is 30.4. The maximum Gasteiger partial charge on any atom is 0.0198 e. The average molecular weight is 210 g/mol. The fourth-order valence-corrected chi connectivity index (χ4v) is 2.73. The molecule has 0 aromatic heterocycles. The highest BCUT2D eigenvalue weighted by Crippen LogP contribution is 2.23. The first kappa shape index (κ1) is 11.4. The highest BCUT2D eigenvalue weighted by Gasteiger charge is 2.28. The minimum Gasteiger partial charge on any atom is -0.310 e. The standard InChI is InChI=1S/C13H26N2/c1-3-5-11(2)15-9-4-6-13(10-15)14-12-7-8-12/h11-14H,3-10H2,1-2H3. The molecule has 1 N–H and O–H groups in total. The second-order valence-corrected chi connectivity index (χ2v) is 5.41. The summed E-state index contributed by atoms with van der Waals surface area (Å²) in [6.45, 7) is 7.30. The number of piperidine rings is 1. The molecule has 2 fully saturated rings. The number of nitrogens with zero attached hydrogens (tertiary/aromatic N) is 1. The molecule has 1 aliphatic heterocycles. The molecule has 88 valence electrons. The Bertz CT molecular complexity index is 189. The fourth-order valence-electron chi connectivity index (χ4n) is 2.73. The van der Waals surface area contributed by atoms with Crippen LogP contribution in [-0.2, 0) is 0 Å². The van der Waals surface area contributed by atoms with Crippen molar-refractivity contribution in [3.63, 3.8) is 0 Å². The average Bonchev–Trinajstić information content (AvgIpc) is 3.03. The second-order valence-electron chi connectivity index (χ2n) is 5.41. The van der Waals surface area contributed by atoms with Crippen molar-refractivity contribution in [1.29, 1.82) is 0 Å². The maximum atomic E-state index is 3.78. The second kappa shape index (κ2) is 5.31. The fraction of sp³-hybridized carbons (Fsp3) is 1.00. The molecule has 1 aliphatic carbocycles. The Labute approximate surface area is 94.4 Å². The first-order valence-corrected chi connectivity index (χ1v) is 6.79. The molecule has 1 heterocycles. The predicted molar refractivity (Wildman–Crippen MR) is 65.1 cm³/mol. The zero-order valence-corrected chi connectivity index (χ0v) is 10.3. The Kier molecular flexibility index (Phi) is 4.04. The van der Waals surface area contributed by atoms with E-state index in [0.717, 1.165) is 18.1 Å². The number of hydrogen-bond acceptors (Lipinski definition) is 2. The van der Waals surface area contributed by atoms with E-state index in [1.165, 1.54) is 51.6 Å². The molecule has 2 atom stereocenters. The SMILES string of the molecule is CCCC(C)N1CCCC(NC2CC2)C1. The van der Waals surface area contributed by atoms with Gasteiger partial charge in [-0.3, -0.25) is 4.90 Å². The van der Waals surface area contributed by atoms with E-state index in [-0.39, 0.29) is 0 Å². The van der Waals surface area contributed by atoms with Crippen molar-refractivity contribution in [3.8, 4) is 0 Å². The van der Waals surface area contributed by atoms with E-state index in [9.17, 15) is 0 Å². The monoisotopic (exact) mass is 210 g/mol. The van der Waals surface area contributed by atoms with Crippen molar-refractivity contribution >= 4 is 0 Å². The molecule has 2 nitrogen and oxygen atoms in total. The molecule has 0 aromatic carbocycles. The van der Waals surface area contributed by atoms with Crippen molar-refractivity contribution in [2.24, 2.45) is 0 Å². The number of hydrogen-bond donors (Lipinski definition) is 1. The molecule has 0 aromatic rings. The molecule has 2 heteroatoms. The quantitative estimate of drug-likeness (QED) is 0.749. The molecule has 2 aliphatic rings. The molecule has 15 heavy (non-hydrogen) atoms. The lowest BCUT2D eigenvalue weighted by Gasteiger charge is -2.37. The van der Waals surface area contributed by atoms with Crippen molar-refractivity contribution in [2.75, 3.05) is 13.1 Å². The summed E-state index contributed by atoms with van der Waals surface area (Å²) in [5, 5.41) is 3.78. The molecule has 0 spiro atoms. The van der Waals surface area contributed by atoms with E-state index < -0.39 is 0 Å². The van der Waals surface area contributed by atoms with Crippen LogP contribution in [0.3, 0.4) is 0 Å². The van der Waals surface area contributed by atoms with Crippen LogP contribution in [0.4, 0.5) is 0 Å². The maximum absolute atomic E-state index is 3.78. The van der Waals surface area contributed by atoms with E-state index in [2.05, 4.69) is 24.1 Å². The zero-order valence-electron chi connectivity index (χ0n) is 10.3. The van der Waals surface area contributed by atoms with Gasteiger partial charge in [-0.1, -0.05) is 13.3 Å². The largest absolute Gasteiger partial charge is 0.310 e. The molecule has 1 saturated carbocycles. The predicted octanol–water partition coefficient (Wildman–Crippen LogP) is 2.39. The lowest BCUT2D eigenvalue weighted by atomic mass is 10.0. The first-order chi connectivity index (χ1) is 7.29. The van der Waals surface area contributed by atoms with Crippen molar-refractivity contribution < 1.29 is 0 Å². The summed E-state index contributed by atoms with van der Waals surface area (Å²) in [7, 11) is 0. The Morgan fingerprint density at radius 3 is 2.73 bits per heavy atom. The van der Waals surface area contributed by atoms with Gasteiger partial charge in [0.05, 0.1) is 0 Å². The summed E-state index contributed by atoms with van der Waals surface area (Å²) in [5.41, 5.74) is 0. The topological polar surface area (TPSA) is 15.3 Å². The Morgan fingerprint density at radius 2 is 2.07 bits per heavy atom.